The molecule has 0 fully saturated rings. The molecule has 218 valence electrons. The summed E-state index contributed by atoms with van der Waals surface area (Å²) in [4.78, 5) is 56.2. The number of hydrogen-bond acceptors (Lipinski definition) is 9. The Labute approximate surface area is 236 Å². The van der Waals surface area contributed by atoms with Gasteiger partial charge in [-0.3, -0.25) is 19.2 Å². The summed E-state index contributed by atoms with van der Waals surface area (Å²) in [7, 11) is 0. The van der Waals surface area contributed by atoms with E-state index in [-0.39, 0.29) is 31.0 Å². The molecule has 0 radical (unpaired) electrons. The lowest BCUT2D eigenvalue weighted by Crippen LogP contribution is -2.52. The summed E-state index contributed by atoms with van der Waals surface area (Å²) in [5.41, 5.74) is 1.39. The van der Waals surface area contributed by atoms with E-state index in [0.29, 0.717) is 30.7 Å². The van der Waals surface area contributed by atoms with Gasteiger partial charge in [0.25, 0.3) is 5.91 Å². The minimum Gasteiger partial charge on any atom is -0.446 e. The van der Waals surface area contributed by atoms with Gasteiger partial charge in [0.1, 0.15) is 30.1 Å². The number of amides is 4. The number of aliphatic hydroxyl groups is 1. The highest BCUT2D eigenvalue weighted by Gasteiger charge is 2.30. The van der Waals surface area contributed by atoms with Crippen molar-refractivity contribution in [1.82, 2.24) is 31.4 Å². The fourth-order valence-electron chi connectivity index (χ4n) is 4.46. The first-order valence-corrected chi connectivity index (χ1v) is 13.5. The monoisotopic (exact) mass is 566 g/mol. The summed E-state index contributed by atoms with van der Waals surface area (Å²) >= 11 is 0. The van der Waals surface area contributed by atoms with Crippen LogP contribution in [0.15, 0.2) is 51.6 Å². The Morgan fingerprint density at radius 3 is 2.63 bits per heavy atom. The van der Waals surface area contributed by atoms with Crippen molar-refractivity contribution in [1.29, 1.82) is 0 Å². The summed E-state index contributed by atoms with van der Waals surface area (Å²) in [5.74, 6) is -1.71. The molecule has 41 heavy (non-hydrogen) atoms. The Kier molecular flexibility index (Phi) is 9.85. The van der Waals surface area contributed by atoms with Gasteiger partial charge < -0.3 is 35.3 Å². The van der Waals surface area contributed by atoms with Gasteiger partial charge in [-0.05, 0) is 38.7 Å². The van der Waals surface area contributed by atoms with Crippen LogP contribution < -0.4 is 21.3 Å². The van der Waals surface area contributed by atoms with Gasteiger partial charge in [-0.25, -0.2) is 4.98 Å². The number of oxazole rings is 1. The maximum Gasteiger partial charge on any atom is 0.273 e. The molecule has 13 heteroatoms. The van der Waals surface area contributed by atoms with Gasteiger partial charge in [0.2, 0.25) is 23.6 Å². The molecule has 13 nitrogen and oxygen atoms in total. The van der Waals surface area contributed by atoms with Crippen LogP contribution in [0.25, 0.3) is 0 Å². The molecule has 5 N–H and O–H groups in total. The molecule has 4 rings (SSSR count). The average molecular weight is 567 g/mol. The molecule has 1 aliphatic heterocycles. The van der Waals surface area contributed by atoms with Crippen molar-refractivity contribution in [2.75, 3.05) is 6.54 Å². The van der Waals surface area contributed by atoms with E-state index in [0.717, 1.165) is 11.8 Å². The smallest absolute Gasteiger partial charge is 0.273 e. The number of rotatable bonds is 6. The van der Waals surface area contributed by atoms with E-state index in [1.165, 1.54) is 6.92 Å². The van der Waals surface area contributed by atoms with Gasteiger partial charge in [0.15, 0.2) is 5.69 Å². The Balaban J connectivity index is 1.60. The van der Waals surface area contributed by atoms with Crippen molar-refractivity contribution in [3.05, 3.63) is 71.3 Å². The maximum atomic E-state index is 13.5. The minimum atomic E-state index is -1.21. The standard InChI is InChI=1S/C28H34N6O7/c1-16-12-19(41-34-16)14-23(36)30-20-10-6-7-11-29-27(39)24(17(2)35)33-26(38)22-15-40-28(32-22)21(31-25(20)37)13-18-8-4-3-5-9-18/h3-5,8-9,12,15,17,20-21,24,35H,6-7,10-11,13-14H2,1-2H3,(H,29,39)(H,30,36)(H,31,37)(H,33,38)/t17-,20+,21+,24+/m1/s1. The zero-order valence-electron chi connectivity index (χ0n) is 22.9. The lowest BCUT2D eigenvalue weighted by atomic mass is 10.0. The van der Waals surface area contributed by atoms with Crippen LogP contribution in [-0.4, -0.2) is 63.6 Å². The molecule has 1 aliphatic rings. The molecule has 0 spiro atoms. The first kappa shape index (κ1) is 29.5. The van der Waals surface area contributed by atoms with Crippen LogP contribution >= 0.6 is 0 Å². The Hall–Kier alpha value is -4.52. The third-order valence-electron chi connectivity index (χ3n) is 6.59. The van der Waals surface area contributed by atoms with Crippen LogP contribution in [0.2, 0.25) is 0 Å². The number of hydrogen-bond donors (Lipinski definition) is 5. The summed E-state index contributed by atoms with van der Waals surface area (Å²) in [5, 5.41) is 24.8. The number of aryl methyl sites for hydroxylation is 1. The predicted molar refractivity (Wildman–Crippen MR) is 144 cm³/mol. The Bertz CT molecular complexity index is 1350. The maximum absolute atomic E-state index is 13.5. The van der Waals surface area contributed by atoms with Gasteiger partial charge in [0, 0.05) is 19.0 Å². The highest BCUT2D eigenvalue weighted by molar-refractivity contribution is 5.96. The van der Waals surface area contributed by atoms with E-state index in [2.05, 4.69) is 31.4 Å². The first-order valence-electron chi connectivity index (χ1n) is 13.5. The summed E-state index contributed by atoms with van der Waals surface area (Å²) < 4.78 is 10.7. The van der Waals surface area contributed by atoms with Crippen molar-refractivity contribution < 1.29 is 33.2 Å². The van der Waals surface area contributed by atoms with E-state index in [1.807, 2.05) is 30.3 Å². The van der Waals surface area contributed by atoms with Crippen LogP contribution in [0.5, 0.6) is 0 Å². The molecule has 2 aromatic heterocycles. The molecule has 4 atom stereocenters. The van der Waals surface area contributed by atoms with Crippen LogP contribution in [0, 0.1) is 6.92 Å². The largest absolute Gasteiger partial charge is 0.446 e. The number of carbonyl (C=O) groups excluding carboxylic acids is 4. The molecule has 0 saturated heterocycles. The van der Waals surface area contributed by atoms with Crippen molar-refractivity contribution in [2.24, 2.45) is 0 Å². The van der Waals surface area contributed by atoms with Crippen molar-refractivity contribution in [3.8, 4) is 0 Å². The quantitative estimate of drug-likeness (QED) is 0.288. The Morgan fingerprint density at radius 1 is 1.15 bits per heavy atom. The van der Waals surface area contributed by atoms with Crippen LogP contribution in [0.3, 0.4) is 0 Å². The number of aromatic nitrogens is 2. The minimum absolute atomic E-state index is 0.0692. The second kappa shape index (κ2) is 13.7. The molecule has 0 unspecified atom stereocenters. The van der Waals surface area contributed by atoms with Crippen LogP contribution in [0.4, 0.5) is 0 Å². The molecule has 0 saturated carbocycles. The first-order chi connectivity index (χ1) is 19.7. The van der Waals surface area contributed by atoms with Gasteiger partial charge in [-0.1, -0.05) is 35.5 Å². The summed E-state index contributed by atoms with van der Waals surface area (Å²) in [6.07, 6.45) is 1.43. The van der Waals surface area contributed by atoms with Crippen molar-refractivity contribution >= 4 is 23.6 Å². The zero-order valence-corrected chi connectivity index (χ0v) is 22.9. The van der Waals surface area contributed by atoms with Gasteiger partial charge in [0.05, 0.1) is 18.2 Å². The topological polar surface area (TPSA) is 189 Å². The Morgan fingerprint density at radius 2 is 1.93 bits per heavy atom. The third-order valence-corrected chi connectivity index (χ3v) is 6.59. The fourth-order valence-corrected chi connectivity index (χ4v) is 4.46. The molecule has 2 bridgehead atoms. The lowest BCUT2D eigenvalue weighted by molar-refractivity contribution is -0.129. The van der Waals surface area contributed by atoms with Crippen molar-refractivity contribution in [3.63, 3.8) is 0 Å². The summed E-state index contributed by atoms with van der Waals surface area (Å²) in [6, 6.07) is 8.11. The molecular weight excluding hydrogens is 532 g/mol. The van der Waals surface area contributed by atoms with E-state index >= 15 is 0 Å². The summed E-state index contributed by atoms with van der Waals surface area (Å²) in [6.45, 7) is 3.38. The number of nitrogens with zero attached hydrogens (tertiary/aromatic N) is 2. The van der Waals surface area contributed by atoms with E-state index < -0.39 is 47.9 Å². The molecule has 4 amide bonds. The third kappa shape index (κ3) is 8.24. The van der Waals surface area contributed by atoms with Crippen LogP contribution in [-0.2, 0) is 27.2 Å². The second-order valence-electron chi connectivity index (χ2n) is 10.0. The number of fused-ring (bicyclic) bond motifs is 2. The molecule has 0 aliphatic carbocycles. The van der Waals surface area contributed by atoms with Crippen LogP contribution in [0.1, 0.15) is 65.6 Å². The predicted octanol–water partition coefficient (Wildman–Crippen LogP) is 0.878. The van der Waals surface area contributed by atoms with E-state index in [1.54, 1.807) is 13.0 Å². The van der Waals surface area contributed by atoms with Gasteiger partial charge >= 0.3 is 0 Å². The molecule has 3 heterocycles. The van der Waals surface area contributed by atoms with Crippen molar-refractivity contribution in [2.45, 2.75) is 70.2 Å². The van der Waals surface area contributed by atoms with E-state index in [4.69, 9.17) is 8.94 Å². The second-order valence-corrected chi connectivity index (χ2v) is 10.0. The SMILES string of the molecule is Cc1cc(CC(=O)N[C@H]2CCCCNC(=O)[C@H]([C@@H](C)O)NC(=O)c3coc(n3)[C@H](Cc3ccccc3)NC2=O)on1. The molecule has 3 aromatic rings. The number of benzene rings is 1. The average Bonchev–Trinajstić information content (AvgIpc) is 3.59. The normalized spacial score (nSPS) is 21.3. The zero-order chi connectivity index (χ0) is 29.4. The van der Waals surface area contributed by atoms with E-state index in [9.17, 15) is 24.3 Å². The molecular formula is C28H34N6O7. The van der Waals surface area contributed by atoms with Gasteiger partial charge in [-0.15, -0.1) is 0 Å². The van der Waals surface area contributed by atoms with Gasteiger partial charge in [-0.2, -0.15) is 0 Å². The number of nitrogens with one attached hydrogen (secondary N) is 4. The lowest BCUT2D eigenvalue weighted by Gasteiger charge is -2.23. The fraction of sp³-hybridized carbons (Fsp3) is 0.429. The molecule has 1 aromatic carbocycles. The number of carbonyl (C=O) groups is 4. The number of aliphatic hydroxyl groups excluding tert-OH is 1. The highest BCUT2D eigenvalue weighted by atomic mass is 16.5. The highest BCUT2D eigenvalue weighted by Crippen LogP contribution is 2.20.